The summed E-state index contributed by atoms with van der Waals surface area (Å²) in [5.74, 6) is 0.543. The van der Waals surface area contributed by atoms with Crippen LogP contribution in [0.25, 0.3) is 0 Å². The minimum atomic E-state index is -3.45. The summed E-state index contributed by atoms with van der Waals surface area (Å²) >= 11 is 1.56. The first-order chi connectivity index (χ1) is 12.4. The summed E-state index contributed by atoms with van der Waals surface area (Å²) in [6.45, 7) is -0.121. The maximum absolute atomic E-state index is 12.8. The summed E-state index contributed by atoms with van der Waals surface area (Å²) in [5.41, 5.74) is 0. The Morgan fingerprint density at radius 3 is 2.73 bits per heavy atom. The lowest BCUT2D eigenvalue weighted by Crippen LogP contribution is -2.39. The molecule has 2 unspecified atom stereocenters. The lowest BCUT2D eigenvalue weighted by Gasteiger charge is -2.30. The first-order valence-electron chi connectivity index (χ1n) is 8.63. The van der Waals surface area contributed by atoms with Crippen LogP contribution in [0.15, 0.2) is 34.1 Å². The predicted molar refractivity (Wildman–Crippen MR) is 98.5 cm³/mol. The smallest absolute Gasteiger partial charge is 0.408 e. The second kappa shape index (κ2) is 7.89. The number of ether oxygens (including phenoxy) is 1. The van der Waals surface area contributed by atoms with Crippen LogP contribution in [-0.4, -0.2) is 39.2 Å². The van der Waals surface area contributed by atoms with E-state index in [2.05, 4.69) is 5.32 Å². The molecule has 8 heteroatoms. The van der Waals surface area contributed by atoms with Crippen LogP contribution in [0, 0.1) is 29.1 Å². The lowest BCUT2D eigenvalue weighted by atomic mass is 9.88. The second-order valence-electron chi connectivity index (χ2n) is 6.84. The third-order valence-corrected chi connectivity index (χ3v) is 7.78. The van der Waals surface area contributed by atoms with Gasteiger partial charge in [0.15, 0.2) is 9.84 Å². The number of nitriles is 1. The Morgan fingerprint density at radius 1 is 1.35 bits per heavy atom. The number of hydrogen-bond donors (Lipinski definition) is 1. The number of rotatable bonds is 6. The molecule has 0 saturated heterocycles. The molecule has 1 N–H and O–H groups in total. The molecule has 1 amide bonds. The Hall–Kier alpha value is -1.72. The van der Waals surface area contributed by atoms with E-state index in [-0.39, 0.29) is 24.1 Å². The van der Waals surface area contributed by atoms with E-state index in [4.69, 9.17) is 10.00 Å². The molecule has 0 spiro atoms. The maximum Gasteiger partial charge on any atom is 0.408 e. The SMILES string of the molecule is CSc1ccc(S(=O)(=O)CC2CC[C@@H]3C[C@H]3C2OC(=O)NCC#N)cc1. The Bertz CT molecular complexity index is 801. The van der Waals surface area contributed by atoms with Crippen LogP contribution in [0.5, 0.6) is 0 Å². The van der Waals surface area contributed by atoms with Crippen LogP contribution in [0.1, 0.15) is 19.3 Å². The third-order valence-electron chi connectivity index (χ3n) is 5.18. The Labute approximate surface area is 158 Å². The van der Waals surface area contributed by atoms with E-state index < -0.39 is 22.0 Å². The number of nitrogens with one attached hydrogen (secondary N) is 1. The normalized spacial score (nSPS) is 27.1. The molecule has 2 saturated carbocycles. The number of carbonyl (C=O) groups excluding carboxylic acids is 1. The number of hydrogen-bond acceptors (Lipinski definition) is 6. The van der Waals surface area contributed by atoms with Gasteiger partial charge in [-0.3, -0.25) is 0 Å². The van der Waals surface area contributed by atoms with Gasteiger partial charge in [0.1, 0.15) is 12.6 Å². The van der Waals surface area contributed by atoms with Crippen molar-refractivity contribution in [2.45, 2.75) is 35.2 Å². The van der Waals surface area contributed by atoms with Gasteiger partial charge < -0.3 is 10.1 Å². The van der Waals surface area contributed by atoms with Crippen molar-refractivity contribution in [3.8, 4) is 6.07 Å². The van der Waals surface area contributed by atoms with Gasteiger partial charge in [-0.2, -0.15) is 5.26 Å². The molecule has 1 aromatic carbocycles. The highest BCUT2D eigenvalue weighted by Gasteiger charge is 2.52. The van der Waals surface area contributed by atoms with Gasteiger partial charge in [0.05, 0.1) is 16.7 Å². The first kappa shape index (κ1) is 19.1. The highest BCUT2D eigenvalue weighted by atomic mass is 32.2. The minimum Gasteiger partial charge on any atom is -0.446 e. The summed E-state index contributed by atoms with van der Waals surface area (Å²) < 4.78 is 31.1. The molecule has 2 aliphatic carbocycles. The number of alkyl carbamates (subject to hydrolysis) is 1. The number of carbonyl (C=O) groups is 1. The minimum absolute atomic E-state index is 0.0228. The fourth-order valence-corrected chi connectivity index (χ4v) is 5.82. The molecule has 0 bridgehead atoms. The van der Waals surface area contributed by atoms with Gasteiger partial charge >= 0.3 is 6.09 Å². The van der Waals surface area contributed by atoms with Crippen LogP contribution < -0.4 is 5.32 Å². The molecule has 4 atom stereocenters. The lowest BCUT2D eigenvalue weighted by molar-refractivity contribution is 0.0355. The summed E-state index contributed by atoms with van der Waals surface area (Å²) in [7, 11) is -3.45. The number of amides is 1. The van der Waals surface area contributed by atoms with Crippen molar-refractivity contribution in [2.75, 3.05) is 18.6 Å². The molecule has 2 aliphatic rings. The van der Waals surface area contributed by atoms with E-state index in [0.717, 1.165) is 24.2 Å². The first-order valence-corrected chi connectivity index (χ1v) is 11.5. The zero-order valence-electron chi connectivity index (χ0n) is 14.6. The van der Waals surface area contributed by atoms with Gasteiger partial charge in [0.2, 0.25) is 0 Å². The molecule has 3 rings (SSSR count). The molecule has 1 aromatic rings. The zero-order chi connectivity index (χ0) is 18.7. The van der Waals surface area contributed by atoms with Crippen LogP contribution in [0.2, 0.25) is 0 Å². The standard InChI is InChI=1S/C18H22N2O4S2/c1-25-14-4-6-15(7-5-14)26(22,23)11-13-3-2-12-10-16(12)17(13)24-18(21)20-9-8-19/h4-7,12-13,16-17H,2-3,9-11H2,1H3,(H,20,21)/t12-,13?,16-,17?/m1/s1. The van der Waals surface area contributed by atoms with Crippen LogP contribution in [-0.2, 0) is 14.6 Å². The Balaban J connectivity index is 1.71. The van der Waals surface area contributed by atoms with Crippen molar-refractivity contribution >= 4 is 27.7 Å². The molecule has 140 valence electrons. The van der Waals surface area contributed by atoms with E-state index in [1.54, 1.807) is 36.0 Å². The zero-order valence-corrected chi connectivity index (χ0v) is 16.2. The van der Waals surface area contributed by atoms with Crippen molar-refractivity contribution < 1.29 is 17.9 Å². The third kappa shape index (κ3) is 4.33. The number of thioether (sulfide) groups is 1. The molecule has 0 radical (unpaired) electrons. The number of benzene rings is 1. The number of fused-ring (bicyclic) bond motifs is 1. The van der Waals surface area contributed by atoms with E-state index in [1.807, 2.05) is 12.3 Å². The summed E-state index contributed by atoms with van der Waals surface area (Å²) in [6, 6.07) is 8.71. The van der Waals surface area contributed by atoms with Crippen molar-refractivity contribution in [3.63, 3.8) is 0 Å². The van der Waals surface area contributed by atoms with Crippen molar-refractivity contribution in [1.82, 2.24) is 5.32 Å². The molecule has 0 heterocycles. The summed E-state index contributed by atoms with van der Waals surface area (Å²) in [5, 5.41) is 10.9. The van der Waals surface area contributed by atoms with Crippen molar-refractivity contribution in [1.29, 1.82) is 5.26 Å². The van der Waals surface area contributed by atoms with Gasteiger partial charge in [-0.05, 0) is 61.6 Å². The van der Waals surface area contributed by atoms with E-state index >= 15 is 0 Å². The topological polar surface area (TPSA) is 96.3 Å². The Kier molecular flexibility index (Phi) is 5.78. The molecule has 0 aliphatic heterocycles. The van der Waals surface area contributed by atoms with Crippen LogP contribution >= 0.6 is 11.8 Å². The quantitative estimate of drug-likeness (QED) is 0.589. The van der Waals surface area contributed by atoms with Gasteiger partial charge in [0, 0.05) is 10.8 Å². The monoisotopic (exact) mass is 394 g/mol. The number of nitrogens with zero attached hydrogens (tertiary/aromatic N) is 1. The molecule has 6 nitrogen and oxygen atoms in total. The van der Waals surface area contributed by atoms with Gasteiger partial charge in [-0.1, -0.05) is 0 Å². The predicted octanol–water partition coefficient (Wildman–Crippen LogP) is 2.85. The average Bonchev–Trinajstić information content (AvgIpc) is 3.42. The number of sulfone groups is 1. The maximum atomic E-state index is 12.8. The molecule has 26 heavy (non-hydrogen) atoms. The van der Waals surface area contributed by atoms with Gasteiger partial charge in [-0.15, -0.1) is 11.8 Å². The average molecular weight is 395 g/mol. The van der Waals surface area contributed by atoms with E-state index in [9.17, 15) is 13.2 Å². The fraction of sp³-hybridized carbons (Fsp3) is 0.556. The van der Waals surface area contributed by atoms with Crippen molar-refractivity contribution in [3.05, 3.63) is 24.3 Å². The Morgan fingerprint density at radius 2 is 2.08 bits per heavy atom. The van der Waals surface area contributed by atoms with E-state index in [1.165, 1.54) is 0 Å². The summed E-state index contributed by atoms with van der Waals surface area (Å²) in [4.78, 5) is 13.2. The van der Waals surface area contributed by atoms with Crippen LogP contribution in [0.3, 0.4) is 0 Å². The highest BCUT2D eigenvalue weighted by Crippen LogP contribution is 2.53. The highest BCUT2D eigenvalue weighted by molar-refractivity contribution is 7.98. The van der Waals surface area contributed by atoms with Crippen molar-refractivity contribution in [2.24, 2.45) is 17.8 Å². The largest absolute Gasteiger partial charge is 0.446 e. The molecule has 2 fully saturated rings. The fourth-order valence-electron chi connectivity index (χ4n) is 3.75. The second-order valence-corrected chi connectivity index (χ2v) is 9.75. The van der Waals surface area contributed by atoms with Crippen LogP contribution in [0.4, 0.5) is 4.79 Å². The summed E-state index contributed by atoms with van der Waals surface area (Å²) in [6.07, 6.45) is 3.60. The molecular formula is C18H22N2O4S2. The van der Waals surface area contributed by atoms with Gasteiger partial charge in [-0.25, -0.2) is 13.2 Å². The molecule has 0 aromatic heterocycles. The van der Waals surface area contributed by atoms with E-state index in [0.29, 0.717) is 10.8 Å². The van der Waals surface area contributed by atoms with Gasteiger partial charge in [0.25, 0.3) is 0 Å². The molecular weight excluding hydrogens is 372 g/mol.